The van der Waals surface area contributed by atoms with Gasteiger partial charge in [0.15, 0.2) is 12.8 Å². The Morgan fingerprint density at radius 3 is 2.71 bits per heavy atom. The van der Waals surface area contributed by atoms with Crippen molar-refractivity contribution < 1.29 is 9.37 Å². The van der Waals surface area contributed by atoms with E-state index in [1.165, 1.54) is 18.9 Å². The Balaban J connectivity index is 1.47. The van der Waals surface area contributed by atoms with Crippen molar-refractivity contribution in [1.82, 2.24) is 19.9 Å². The van der Waals surface area contributed by atoms with Gasteiger partial charge in [-0.3, -0.25) is 9.59 Å². The van der Waals surface area contributed by atoms with Crippen molar-refractivity contribution in [3.8, 4) is 0 Å². The van der Waals surface area contributed by atoms with Crippen molar-refractivity contribution >= 4 is 40.5 Å². The van der Waals surface area contributed by atoms with Gasteiger partial charge in [-0.1, -0.05) is 12.2 Å². The molecular formula is C26H30N7O2+. The van der Waals surface area contributed by atoms with Gasteiger partial charge < -0.3 is 20.1 Å². The van der Waals surface area contributed by atoms with Gasteiger partial charge in [0.2, 0.25) is 11.4 Å². The minimum atomic E-state index is -0.405. The van der Waals surface area contributed by atoms with Crippen molar-refractivity contribution in [2.75, 3.05) is 43.9 Å². The molecule has 2 aromatic heterocycles. The fraction of sp³-hybridized carbons (Fsp3) is 0.346. The Bertz CT molecular complexity index is 1370. The number of fused-ring (bicyclic) bond motifs is 1. The van der Waals surface area contributed by atoms with E-state index in [0.717, 1.165) is 44.6 Å². The van der Waals surface area contributed by atoms with Crippen LogP contribution in [0, 0.1) is 0 Å². The topological polar surface area (TPSA) is 95.2 Å². The lowest BCUT2D eigenvalue weighted by Gasteiger charge is -2.24. The van der Waals surface area contributed by atoms with Crippen molar-refractivity contribution in [2.24, 2.45) is 0 Å². The fourth-order valence-electron chi connectivity index (χ4n) is 4.62. The van der Waals surface area contributed by atoms with Crippen LogP contribution in [0.25, 0.3) is 11.0 Å². The number of nitrogens with one attached hydrogen (secondary N) is 2. The first kappa shape index (κ1) is 22.8. The van der Waals surface area contributed by atoms with Gasteiger partial charge in [0.1, 0.15) is 18.3 Å². The number of benzene rings is 1. The van der Waals surface area contributed by atoms with E-state index in [4.69, 9.17) is 4.98 Å². The molecule has 1 aliphatic carbocycles. The lowest BCUT2D eigenvalue weighted by Crippen LogP contribution is -2.38. The first-order chi connectivity index (χ1) is 17.0. The molecule has 35 heavy (non-hydrogen) atoms. The number of nitrogens with zero attached hydrogens (tertiary/aromatic N) is 5. The Morgan fingerprint density at radius 1 is 1.20 bits per heavy atom. The molecule has 2 aliphatic rings. The maximum absolute atomic E-state index is 13.0. The lowest BCUT2D eigenvalue weighted by atomic mass is 10.0. The minimum absolute atomic E-state index is 0.107. The molecule has 5 rings (SSSR count). The predicted molar refractivity (Wildman–Crippen MR) is 138 cm³/mol. The van der Waals surface area contributed by atoms with Gasteiger partial charge in [-0.15, -0.1) is 0 Å². The molecule has 0 saturated heterocycles. The number of amides is 1. The van der Waals surface area contributed by atoms with Gasteiger partial charge in [-0.05, 0) is 43.5 Å². The maximum Gasteiger partial charge on any atom is 0.256 e. The number of anilines is 3. The quantitative estimate of drug-likeness (QED) is 0.438. The molecule has 9 nitrogen and oxygen atoms in total. The second kappa shape index (κ2) is 9.69. The SMILES string of the molecule is CNC(=O)c1cn(C2CC=CCC2)c2nc(Nc3ccc(N4CC=[N+](C)CC4)cc3)ncc2c1=O. The molecule has 3 aromatic rings. The molecule has 1 atom stereocenters. The number of carbonyl (C=O) groups excluding carboxylic acids is 1. The molecule has 2 N–H and O–H groups in total. The number of likely N-dealkylation sites (N-methyl/N-ethyl adjacent to an activating group) is 1. The standard InChI is InChI=1S/C26H29N7O2/c1-27-25(35)22-17-33(20-6-4-3-5-7-20)24-21(23(22)34)16-28-26(30-24)29-18-8-10-19(11-9-18)32-14-12-31(2)13-15-32/h3-4,8-12,16-17,20H,5-7,13-15H2,1-2H3,(H-,27,28,29,30,34,35)/p+1. The number of pyridine rings is 1. The van der Waals surface area contributed by atoms with Gasteiger partial charge in [-0.25, -0.2) is 9.56 Å². The molecule has 0 spiro atoms. The van der Waals surface area contributed by atoms with E-state index in [2.05, 4.69) is 62.6 Å². The summed E-state index contributed by atoms with van der Waals surface area (Å²) in [7, 11) is 3.62. The van der Waals surface area contributed by atoms with Crippen LogP contribution in [-0.4, -0.2) is 65.0 Å². The first-order valence-electron chi connectivity index (χ1n) is 12.0. The summed E-state index contributed by atoms with van der Waals surface area (Å²) in [5.41, 5.74) is 2.31. The highest BCUT2D eigenvalue weighted by molar-refractivity contribution is 5.96. The molecule has 1 aromatic carbocycles. The maximum atomic E-state index is 13.0. The van der Waals surface area contributed by atoms with E-state index in [0.29, 0.717) is 17.0 Å². The third-order valence-corrected chi connectivity index (χ3v) is 6.70. The number of hydrogen-bond donors (Lipinski definition) is 2. The Hall–Kier alpha value is -4.01. The second-order valence-electron chi connectivity index (χ2n) is 9.01. The van der Waals surface area contributed by atoms with Crippen LogP contribution in [0.1, 0.15) is 35.7 Å². The minimum Gasteiger partial charge on any atom is -0.355 e. The van der Waals surface area contributed by atoms with Crippen molar-refractivity contribution in [2.45, 2.75) is 25.3 Å². The smallest absolute Gasteiger partial charge is 0.256 e. The number of rotatable bonds is 5. The van der Waals surface area contributed by atoms with Gasteiger partial charge >= 0.3 is 0 Å². The summed E-state index contributed by atoms with van der Waals surface area (Å²) in [6.45, 7) is 2.88. The third kappa shape index (κ3) is 4.66. The molecule has 1 aliphatic heterocycles. The van der Waals surface area contributed by atoms with Crippen molar-refractivity contribution in [3.63, 3.8) is 0 Å². The molecule has 1 amide bonds. The van der Waals surface area contributed by atoms with Gasteiger partial charge in [0, 0.05) is 36.9 Å². The Morgan fingerprint density at radius 2 is 2.03 bits per heavy atom. The predicted octanol–water partition coefficient (Wildman–Crippen LogP) is 2.71. The normalized spacial score (nSPS) is 17.8. The van der Waals surface area contributed by atoms with E-state index in [1.54, 1.807) is 6.20 Å². The van der Waals surface area contributed by atoms with Crippen LogP contribution in [0.2, 0.25) is 0 Å². The van der Waals surface area contributed by atoms with Crippen LogP contribution >= 0.6 is 0 Å². The molecule has 0 radical (unpaired) electrons. The van der Waals surface area contributed by atoms with Gasteiger partial charge in [0.25, 0.3) is 5.91 Å². The van der Waals surface area contributed by atoms with Crippen LogP contribution < -0.4 is 21.0 Å². The molecule has 180 valence electrons. The van der Waals surface area contributed by atoms with Crippen LogP contribution in [0.5, 0.6) is 0 Å². The highest BCUT2D eigenvalue weighted by Gasteiger charge is 2.21. The lowest BCUT2D eigenvalue weighted by molar-refractivity contribution is -0.493. The summed E-state index contributed by atoms with van der Waals surface area (Å²) in [5, 5.41) is 6.17. The zero-order valence-electron chi connectivity index (χ0n) is 20.1. The average molecular weight is 473 g/mol. The molecular weight excluding hydrogens is 442 g/mol. The molecule has 0 saturated carbocycles. The van der Waals surface area contributed by atoms with Crippen molar-refractivity contribution in [1.29, 1.82) is 0 Å². The summed E-state index contributed by atoms with van der Waals surface area (Å²) >= 11 is 0. The molecule has 9 heteroatoms. The third-order valence-electron chi connectivity index (χ3n) is 6.70. The van der Waals surface area contributed by atoms with E-state index in [1.807, 2.05) is 16.7 Å². The van der Waals surface area contributed by atoms with Crippen LogP contribution in [-0.2, 0) is 0 Å². The molecule has 3 heterocycles. The fourth-order valence-corrected chi connectivity index (χ4v) is 4.62. The summed E-state index contributed by atoms with van der Waals surface area (Å²) in [5.74, 6) is 0.00242. The van der Waals surface area contributed by atoms with E-state index in [-0.39, 0.29) is 17.0 Å². The summed E-state index contributed by atoms with van der Waals surface area (Å²) in [4.78, 5) is 36.9. The highest BCUT2D eigenvalue weighted by Crippen LogP contribution is 2.27. The first-order valence-corrected chi connectivity index (χ1v) is 12.0. The monoisotopic (exact) mass is 472 g/mol. The van der Waals surface area contributed by atoms with Crippen molar-refractivity contribution in [3.05, 3.63) is 64.6 Å². The summed E-state index contributed by atoms with van der Waals surface area (Å²) in [6, 6.07) is 8.31. The number of hydrogen-bond acceptors (Lipinski definition) is 6. The van der Waals surface area contributed by atoms with Gasteiger partial charge in [0.05, 0.1) is 18.5 Å². The zero-order chi connectivity index (χ0) is 24.4. The van der Waals surface area contributed by atoms with E-state index in [9.17, 15) is 9.59 Å². The van der Waals surface area contributed by atoms with Crippen LogP contribution in [0.3, 0.4) is 0 Å². The average Bonchev–Trinajstić information content (AvgIpc) is 2.90. The number of allylic oxidation sites excluding steroid dienone is 2. The molecule has 1 unspecified atom stereocenters. The number of aromatic nitrogens is 3. The highest BCUT2D eigenvalue weighted by atomic mass is 16.2. The van der Waals surface area contributed by atoms with E-state index < -0.39 is 5.91 Å². The van der Waals surface area contributed by atoms with Gasteiger partial charge in [-0.2, -0.15) is 4.98 Å². The van der Waals surface area contributed by atoms with Crippen LogP contribution in [0.4, 0.5) is 17.3 Å². The largest absolute Gasteiger partial charge is 0.355 e. The van der Waals surface area contributed by atoms with Crippen LogP contribution in [0.15, 0.2) is 53.6 Å². The molecule has 0 bridgehead atoms. The summed E-state index contributed by atoms with van der Waals surface area (Å²) < 4.78 is 4.18. The zero-order valence-corrected chi connectivity index (χ0v) is 20.1. The van der Waals surface area contributed by atoms with E-state index >= 15 is 0 Å². The Labute approximate surface area is 203 Å². The Kier molecular flexibility index (Phi) is 6.31. The molecule has 0 fully saturated rings. The second-order valence-corrected chi connectivity index (χ2v) is 9.01. The number of carbonyl (C=O) groups is 1. The summed E-state index contributed by atoms with van der Waals surface area (Å²) in [6.07, 6.45) is 12.3.